The molecule has 4 nitrogen and oxygen atoms in total. The minimum atomic E-state index is 0.114. The van der Waals surface area contributed by atoms with Gasteiger partial charge in [0, 0.05) is 23.8 Å². The lowest BCUT2D eigenvalue weighted by molar-refractivity contribution is 0.0844. The number of piperidine rings is 1. The molecular weight excluding hydrogens is 250 g/mol. The molecule has 2 N–H and O–H groups in total. The van der Waals surface area contributed by atoms with Crippen LogP contribution in [0.5, 0.6) is 0 Å². The fourth-order valence-corrected chi connectivity index (χ4v) is 3.78. The Morgan fingerprint density at radius 3 is 2.90 bits per heavy atom. The second kappa shape index (κ2) is 4.62. The minimum Gasteiger partial charge on any atom is -0.348 e. The molecule has 2 aliphatic carbocycles. The van der Waals surface area contributed by atoms with E-state index in [-0.39, 0.29) is 5.91 Å². The SMILES string of the molecule is O=C(NC1CCNC2(CCC2)C1)c1cccn1C1CC1. The maximum Gasteiger partial charge on any atom is 0.268 e. The first kappa shape index (κ1) is 12.5. The topological polar surface area (TPSA) is 46.1 Å². The molecule has 1 aliphatic heterocycles. The van der Waals surface area contributed by atoms with Crippen LogP contribution in [0.25, 0.3) is 0 Å². The van der Waals surface area contributed by atoms with Gasteiger partial charge in [0.15, 0.2) is 0 Å². The van der Waals surface area contributed by atoms with Gasteiger partial charge in [-0.15, -0.1) is 0 Å². The molecule has 108 valence electrons. The third-order valence-corrected chi connectivity index (χ3v) is 5.23. The molecule has 1 spiro atoms. The van der Waals surface area contributed by atoms with Gasteiger partial charge in [-0.1, -0.05) is 0 Å². The van der Waals surface area contributed by atoms with Gasteiger partial charge in [0.05, 0.1) is 0 Å². The van der Waals surface area contributed by atoms with E-state index in [2.05, 4.69) is 15.2 Å². The van der Waals surface area contributed by atoms with Crippen molar-refractivity contribution in [3.05, 3.63) is 24.0 Å². The van der Waals surface area contributed by atoms with Crippen molar-refractivity contribution in [2.24, 2.45) is 0 Å². The maximum atomic E-state index is 12.5. The molecular formula is C16H23N3O. The van der Waals surface area contributed by atoms with Crippen molar-refractivity contribution < 1.29 is 4.79 Å². The standard InChI is InChI=1S/C16H23N3O/c20-15(14-3-1-10-19(14)13-4-5-13)18-12-6-9-17-16(11-12)7-2-8-16/h1,3,10,12-13,17H,2,4-9,11H2,(H,18,20). The summed E-state index contributed by atoms with van der Waals surface area (Å²) >= 11 is 0. The average Bonchev–Trinajstić information content (AvgIpc) is 3.14. The molecule has 1 amide bonds. The van der Waals surface area contributed by atoms with Crippen LogP contribution in [0.4, 0.5) is 0 Å². The van der Waals surface area contributed by atoms with Crippen LogP contribution in [-0.4, -0.2) is 28.6 Å². The van der Waals surface area contributed by atoms with E-state index < -0.39 is 0 Å². The molecule has 4 rings (SSSR count). The molecule has 4 heteroatoms. The Morgan fingerprint density at radius 2 is 2.20 bits per heavy atom. The number of hydrogen-bond acceptors (Lipinski definition) is 2. The predicted octanol–water partition coefficient (Wildman–Crippen LogP) is 2.23. The van der Waals surface area contributed by atoms with E-state index in [0.29, 0.717) is 17.6 Å². The van der Waals surface area contributed by atoms with Crippen LogP contribution < -0.4 is 10.6 Å². The van der Waals surface area contributed by atoms with Gasteiger partial charge in [-0.05, 0) is 63.6 Å². The summed E-state index contributed by atoms with van der Waals surface area (Å²) in [6, 6.07) is 4.85. The van der Waals surface area contributed by atoms with Crippen LogP contribution in [-0.2, 0) is 0 Å². The first-order chi connectivity index (χ1) is 9.76. The lowest BCUT2D eigenvalue weighted by atomic mass is 9.70. The van der Waals surface area contributed by atoms with Crippen LogP contribution in [0, 0.1) is 0 Å². The average molecular weight is 273 g/mol. The largest absolute Gasteiger partial charge is 0.348 e. The number of nitrogens with one attached hydrogen (secondary N) is 2. The number of carbonyl (C=O) groups is 1. The summed E-state index contributed by atoms with van der Waals surface area (Å²) in [5, 5.41) is 6.92. The Hall–Kier alpha value is -1.29. The fourth-order valence-electron chi connectivity index (χ4n) is 3.78. The Kier molecular flexibility index (Phi) is 2.88. The molecule has 3 aliphatic rings. The summed E-state index contributed by atoms with van der Waals surface area (Å²) in [6.07, 6.45) is 10.5. The molecule has 20 heavy (non-hydrogen) atoms. The minimum absolute atomic E-state index is 0.114. The predicted molar refractivity (Wildman–Crippen MR) is 77.8 cm³/mol. The monoisotopic (exact) mass is 273 g/mol. The van der Waals surface area contributed by atoms with Crippen molar-refractivity contribution in [1.29, 1.82) is 0 Å². The summed E-state index contributed by atoms with van der Waals surface area (Å²) in [7, 11) is 0. The highest BCUT2D eigenvalue weighted by Crippen LogP contribution is 2.38. The van der Waals surface area contributed by atoms with Gasteiger partial charge in [-0.3, -0.25) is 4.79 Å². The van der Waals surface area contributed by atoms with E-state index in [9.17, 15) is 4.79 Å². The second-order valence-corrected chi connectivity index (χ2v) is 6.76. The normalized spacial score (nSPS) is 28.1. The molecule has 1 unspecified atom stereocenters. The van der Waals surface area contributed by atoms with Gasteiger partial charge < -0.3 is 15.2 Å². The number of rotatable bonds is 3. The third kappa shape index (κ3) is 2.16. The molecule has 1 aromatic heterocycles. The summed E-state index contributed by atoms with van der Waals surface area (Å²) < 4.78 is 2.15. The lowest BCUT2D eigenvalue weighted by Gasteiger charge is -2.48. The van der Waals surface area contributed by atoms with Gasteiger partial charge in [-0.25, -0.2) is 0 Å². The summed E-state index contributed by atoms with van der Waals surface area (Å²) in [5.41, 5.74) is 1.18. The molecule has 3 fully saturated rings. The van der Waals surface area contributed by atoms with Gasteiger partial charge in [-0.2, -0.15) is 0 Å². The van der Waals surface area contributed by atoms with Crippen molar-refractivity contribution in [3.63, 3.8) is 0 Å². The number of amides is 1. The van der Waals surface area contributed by atoms with E-state index in [1.807, 2.05) is 18.3 Å². The molecule has 2 heterocycles. The number of nitrogens with zero attached hydrogens (tertiary/aromatic N) is 1. The Balaban J connectivity index is 1.43. The van der Waals surface area contributed by atoms with Crippen LogP contribution >= 0.6 is 0 Å². The van der Waals surface area contributed by atoms with E-state index >= 15 is 0 Å². The van der Waals surface area contributed by atoms with Crippen LogP contribution in [0.3, 0.4) is 0 Å². The quantitative estimate of drug-likeness (QED) is 0.887. The highest BCUT2D eigenvalue weighted by atomic mass is 16.2. The maximum absolute atomic E-state index is 12.5. The van der Waals surface area contributed by atoms with Gasteiger partial charge in [0.1, 0.15) is 5.69 Å². The van der Waals surface area contributed by atoms with E-state index in [4.69, 9.17) is 0 Å². The molecule has 0 radical (unpaired) electrons. The highest BCUT2D eigenvalue weighted by molar-refractivity contribution is 5.93. The fraction of sp³-hybridized carbons (Fsp3) is 0.688. The molecule has 0 aromatic carbocycles. The van der Waals surface area contributed by atoms with Crippen molar-refractivity contribution in [2.75, 3.05) is 6.54 Å². The van der Waals surface area contributed by atoms with Crippen molar-refractivity contribution in [1.82, 2.24) is 15.2 Å². The molecule has 1 atom stereocenters. The molecule has 1 aromatic rings. The molecule has 1 saturated heterocycles. The zero-order chi connectivity index (χ0) is 13.6. The Bertz CT molecular complexity index is 514. The smallest absolute Gasteiger partial charge is 0.268 e. The highest BCUT2D eigenvalue weighted by Gasteiger charge is 2.41. The second-order valence-electron chi connectivity index (χ2n) is 6.76. The number of carbonyl (C=O) groups excluding carboxylic acids is 1. The van der Waals surface area contributed by atoms with Crippen LogP contribution in [0.15, 0.2) is 18.3 Å². The summed E-state index contributed by atoms with van der Waals surface area (Å²) in [4.78, 5) is 12.5. The Morgan fingerprint density at radius 1 is 1.35 bits per heavy atom. The van der Waals surface area contributed by atoms with Gasteiger partial charge in [0.2, 0.25) is 0 Å². The Labute approximate surface area is 119 Å². The van der Waals surface area contributed by atoms with Crippen molar-refractivity contribution in [2.45, 2.75) is 62.6 Å². The number of hydrogen-bond donors (Lipinski definition) is 2. The summed E-state index contributed by atoms with van der Waals surface area (Å²) in [5.74, 6) is 0.114. The van der Waals surface area contributed by atoms with E-state index in [1.165, 1.54) is 32.1 Å². The third-order valence-electron chi connectivity index (χ3n) is 5.23. The van der Waals surface area contributed by atoms with Crippen molar-refractivity contribution >= 4 is 5.91 Å². The van der Waals surface area contributed by atoms with Gasteiger partial charge >= 0.3 is 0 Å². The number of aromatic nitrogens is 1. The first-order valence-electron chi connectivity index (χ1n) is 7.99. The van der Waals surface area contributed by atoms with Crippen LogP contribution in [0.2, 0.25) is 0 Å². The zero-order valence-electron chi connectivity index (χ0n) is 11.9. The van der Waals surface area contributed by atoms with Crippen molar-refractivity contribution in [3.8, 4) is 0 Å². The zero-order valence-corrected chi connectivity index (χ0v) is 11.9. The molecule has 2 saturated carbocycles. The first-order valence-corrected chi connectivity index (χ1v) is 7.99. The van der Waals surface area contributed by atoms with Gasteiger partial charge in [0.25, 0.3) is 5.91 Å². The van der Waals surface area contributed by atoms with Crippen LogP contribution in [0.1, 0.15) is 61.5 Å². The molecule has 0 bridgehead atoms. The summed E-state index contributed by atoms with van der Waals surface area (Å²) in [6.45, 7) is 1.04. The van der Waals surface area contributed by atoms with E-state index in [0.717, 1.165) is 25.1 Å². The lowest BCUT2D eigenvalue weighted by Crippen LogP contribution is -2.59. The van der Waals surface area contributed by atoms with E-state index in [1.54, 1.807) is 0 Å².